The zero-order valence-corrected chi connectivity index (χ0v) is 10.7. The van der Waals surface area contributed by atoms with Gasteiger partial charge >= 0.3 is 5.66 Å². The van der Waals surface area contributed by atoms with Crippen molar-refractivity contribution in [1.29, 1.82) is 0 Å². The summed E-state index contributed by atoms with van der Waals surface area (Å²) in [6, 6.07) is 0. The lowest BCUT2D eigenvalue weighted by Gasteiger charge is -2.22. The Bertz CT molecular complexity index is 508. The van der Waals surface area contributed by atoms with Gasteiger partial charge < -0.3 is 0 Å². The number of rotatable bonds is 3. The molecule has 1 aliphatic rings. The van der Waals surface area contributed by atoms with Crippen molar-refractivity contribution >= 4 is 0 Å². The number of allylic oxidation sites excluding steroid dienone is 2. The molecule has 0 N–H and O–H groups in total. The van der Waals surface area contributed by atoms with Crippen LogP contribution in [0.4, 0.5) is 0 Å². The van der Waals surface area contributed by atoms with Crippen LogP contribution in [0.5, 0.6) is 0 Å². The van der Waals surface area contributed by atoms with Crippen LogP contribution < -0.4 is 0 Å². The predicted octanol–water partition coefficient (Wildman–Crippen LogP) is 4.00. The van der Waals surface area contributed by atoms with Crippen LogP contribution >= 0.6 is 0 Å². The lowest BCUT2D eigenvalue weighted by Crippen LogP contribution is -2.28. The van der Waals surface area contributed by atoms with Crippen molar-refractivity contribution in [3.63, 3.8) is 0 Å². The third-order valence-corrected chi connectivity index (χ3v) is 3.15. The van der Waals surface area contributed by atoms with E-state index in [-0.39, 0.29) is 12.3 Å². The van der Waals surface area contributed by atoms with Crippen molar-refractivity contribution in [3.05, 3.63) is 52.9 Å². The van der Waals surface area contributed by atoms with Gasteiger partial charge in [0.15, 0.2) is 6.42 Å². The van der Waals surface area contributed by atoms with E-state index in [1.807, 2.05) is 12.2 Å². The van der Waals surface area contributed by atoms with Crippen molar-refractivity contribution in [2.24, 2.45) is 5.92 Å². The molecule has 0 aliphatic heterocycles. The quantitative estimate of drug-likeness (QED) is 0.303. The van der Waals surface area contributed by atoms with Crippen LogP contribution in [0.25, 0.3) is 9.69 Å². The van der Waals surface area contributed by atoms with Gasteiger partial charge in [0, 0.05) is 5.92 Å². The Morgan fingerprint density at radius 2 is 2.28 bits per heavy atom. The average molecular weight is 236 g/mol. The molecule has 18 heavy (non-hydrogen) atoms. The van der Waals surface area contributed by atoms with Gasteiger partial charge in [0.25, 0.3) is 0 Å². The Kier molecular flexibility index (Phi) is 5.02. The summed E-state index contributed by atoms with van der Waals surface area (Å²) < 4.78 is 0. The molecular formula is C16H16N2. The summed E-state index contributed by atoms with van der Waals surface area (Å²) in [6.45, 7) is 20.1. The fourth-order valence-electron chi connectivity index (χ4n) is 2.22. The van der Waals surface area contributed by atoms with E-state index in [1.165, 1.54) is 0 Å². The minimum Gasteiger partial charge on any atom is -0.225 e. The Hall–Kier alpha value is -2.20. The van der Waals surface area contributed by atoms with E-state index in [4.69, 9.17) is 13.1 Å². The van der Waals surface area contributed by atoms with Crippen LogP contribution in [-0.2, 0) is 0 Å². The summed E-state index contributed by atoms with van der Waals surface area (Å²) in [5.41, 5.74) is 2.52. The lowest BCUT2D eigenvalue weighted by atomic mass is 9.79. The second-order valence-corrected chi connectivity index (χ2v) is 4.21. The highest BCUT2D eigenvalue weighted by Gasteiger charge is 2.50. The monoisotopic (exact) mass is 236 g/mol. The summed E-state index contributed by atoms with van der Waals surface area (Å²) in [6.07, 6.45) is 7.16. The first-order valence-corrected chi connectivity index (χ1v) is 5.97. The Labute approximate surface area is 109 Å². The molecule has 1 unspecified atom stereocenters. The minimum atomic E-state index is -1.15. The number of hydrogen-bond acceptors (Lipinski definition) is 0. The van der Waals surface area contributed by atoms with Crippen molar-refractivity contribution in [1.82, 2.24) is 0 Å². The van der Waals surface area contributed by atoms with E-state index < -0.39 is 5.66 Å². The van der Waals surface area contributed by atoms with Crippen LogP contribution in [0.3, 0.4) is 0 Å². The first-order valence-electron chi connectivity index (χ1n) is 5.97. The normalized spacial score (nSPS) is 18.2. The van der Waals surface area contributed by atoms with Gasteiger partial charge in [-0.2, -0.15) is 0 Å². The molecule has 0 heterocycles. The van der Waals surface area contributed by atoms with Crippen LogP contribution in [0.15, 0.2) is 30.0 Å². The van der Waals surface area contributed by atoms with E-state index >= 15 is 0 Å². The van der Waals surface area contributed by atoms with Gasteiger partial charge in [0.2, 0.25) is 0 Å². The molecule has 0 radical (unpaired) electrons. The molecule has 1 rings (SSSR count). The van der Waals surface area contributed by atoms with Gasteiger partial charge in [-0.25, -0.2) is 22.8 Å². The molecule has 0 saturated carbocycles. The van der Waals surface area contributed by atoms with Gasteiger partial charge in [-0.3, -0.25) is 0 Å². The van der Waals surface area contributed by atoms with Crippen molar-refractivity contribution < 1.29 is 0 Å². The molecular weight excluding hydrogens is 220 g/mol. The number of nitrogens with zero attached hydrogens (tertiary/aromatic N) is 2. The summed E-state index contributed by atoms with van der Waals surface area (Å²) in [5.74, 6) is 5.77. The average Bonchev–Trinajstić information content (AvgIpc) is 2.42. The van der Waals surface area contributed by atoms with Gasteiger partial charge in [-0.15, -0.1) is 11.7 Å². The molecule has 1 aliphatic carbocycles. The second-order valence-electron chi connectivity index (χ2n) is 4.21. The fraction of sp³-hybridized carbons (Fsp3) is 0.438. The van der Waals surface area contributed by atoms with E-state index in [0.717, 1.165) is 24.8 Å². The van der Waals surface area contributed by atoms with Crippen molar-refractivity contribution in [2.45, 2.75) is 38.3 Å². The molecule has 0 amide bonds. The van der Waals surface area contributed by atoms with E-state index in [0.29, 0.717) is 0 Å². The zero-order chi connectivity index (χ0) is 13.4. The van der Waals surface area contributed by atoms with Crippen LogP contribution in [-0.4, -0.2) is 5.66 Å². The highest BCUT2D eigenvalue weighted by Crippen LogP contribution is 2.39. The molecule has 0 bridgehead atoms. The molecule has 0 saturated heterocycles. The largest absolute Gasteiger partial charge is 0.517 e. The third kappa shape index (κ3) is 2.73. The Morgan fingerprint density at radius 1 is 1.56 bits per heavy atom. The lowest BCUT2D eigenvalue weighted by molar-refractivity contribution is 0.531. The Morgan fingerprint density at radius 3 is 2.83 bits per heavy atom. The molecule has 0 spiro atoms. The van der Waals surface area contributed by atoms with Gasteiger partial charge in [0.1, 0.15) is 5.57 Å². The fourth-order valence-corrected chi connectivity index (χ4v) is 2.22. The maximum absolute atomic E-state index is 7.40. The van der Waals surface area contributed by atoms with Gasteiger partial charge in [-0.05, 0) is 32.3 Å². The third-order valence-electron chi connectivity index (χ3n) is 3.15. The van der Waals surface area contributed by atoms with E-state index in [9.17, 15) is 0 Å². The molecule has 0 fully saturated rings. The number of hydrogen-bond donors (Lipinski definition) is 0. The summed E-state index contributed by atoms with van der Waals surface area (Å²) in [7, 11) is 0. The summed E-state index contributed by atoms with van der Waals surface area (Å²) in [4.78, 5) is 7.18. The van der Waals surface area contributed by atoms with Crippen molar-refractivity contribution in [3.8, 4) is 11.8 Å². The molecule has 0 aromatic carbocycles. The predicted molar refractivity (Wildman–Crippen MR) is 73.1 cm³/mol. The zero-order valence-electron chi connectivity index (χ0n) is 10.7. The molecule has 2 nitrogen and oxygen atoms in total. The first kappa shape index (κ1) is 13.9. The Balaban J connectivity index is 3.22. The summed E-state index contributed by atoms with van der Waals surface area (Å²) >= 11 is 0. The maximum atomic E-state index is 7.40. The van der Waals surface area contributed by atoms with Crippen LogP contribution in [0, 0.1) is 30.9 Å². The van der Waals surface area contributed by atoms with Gasteiger partial charge in [-0.1, -0.05) is 18.6 Å². The SMILES string of the molecule is [C-]#[N+]C(CC#CC)([N+]#[C-])C1=CCCCC1C=C=C. The highest BCUT2D eigenvalue weighted by molar-refractivity contribution is 5.37. The molecule has 0 aromatic heterocycles. The minimum absolute atomic E-state index is 0.109. The maximum Gasteiger partial charge on any atom is 0.517 e. The highest BCUT2D eigenvalue weighted by atomic mass is 15.0. The molecule has 0 aromatic rings. The summed E-state index contributed by atoms with van der Waals surface area (Å²) in [5, 5.41) is 0. The van der Waals surface area contributed by atoms with Crippen molar-refractivity contribution in [2.75, 3.05) is 0 Å². The topological polar surface area (TPSA) is 8.72 Å². The van der Waals surface area contributed by atoms with Gasteiger partial charge in [0.05, 0.1) is 0 Å². The smallest absolute Gasteiger partial charge is 0.225 e. The molecule has 1 atom stereocenters. The van der Waals surface area contributed by atoms with E-state index in [2.05, 4.69) is 33.8 Å². The molecule has 2 heteroatoms. The first-order chi connectivity index (χ1) is 8.74. The standard InChI is InChI=1S/C16H16N2/c1-5-7-13-16(17-3,18-4)15-12-9-8-11-14(15)10-6-2/h10,12,14H,2,8-9,11,13H2,1H3. The molecule has 90 valence electrons. The van der Waals surface area contributed by atoms with E-state index in [1.54, 1.807) is 6.92 Å². The van der Waals surface area contributed by atoms with Crippen LogP contribution in [0.1, 0.15) is 32.6 Å². The van der Waals surface area contributed by atoms with Crippen LogP contribution in [0.2, 0.25) is 0 Å². The second kappa shape index (κ2) is 6.51.